The summed E-state index contributed by atoms with van der Waals surface area (Å²) in [6.45, 7) is 25.8. The lowest BCUT2D eigenvalue weighted by atomic mass is 9.84. The number of aryl methyl sites for hydroxylation is 1. The third-order valence-electron chi connectivity index (χ3n) is 13.0. The number of allylic oxidation sites excluding steroid dienone is 1. The largest absolute Gasteiger partial charge is 0.507 e. The summed E-state index contributed by atoms with van der Waals surface area (Å²) in [7, 11) is 0. The highest BCUT2D eigenvalue weighted by molar-refractivity contribution is 7.14. The Morgan fingerprint density at radius 1 is 0.370 bits per heavy atom. The van der Waals surface area contributed by atoms with Crippen LogP contribution in [0.15, 0.2) is 240 Å². The molecule has 11 aromatic rings. The van der Waals surface area contributed by atoms with Crippen LogP contribution >= 0.6 is 11.5 Å². The molecule has 0 unspecified atom stereocenters. The number of H-pyrrole nitrogens is 1. The number of benzene rings is 9. The first kappa shape index (κ1) is 73.6. The molecule has 13 nitrogen and oxygen atoms in total. The molecule has 2 aromatic heterocycles. The first-order valence-corrected chi connectivity index (χ1v) is 31.7. The van der Waals surface area contributed by atoms with E-state index >= 15 is 0 Å². The zero-order valence-electron chi connectivity index (χ0n) is 54.4. The molecule has 0 bridgehead atoms. The Morgan fingerprint density at radius 2 is 0.696 bits per heavy atom. The maximum atomic E-state index is 12.1. The fourth-order valence-corrected chi connectivity index (χ4v) is 10.2. The Bertz CT molecular complexity index is 4250. The van der Waals surface area contributed by atoms with Crippen molar-refractivity contribution in [2.24, 2.45) is 0 Å². The highest BCUT2D eigenvalue weighted by Crippen LogP contribution is 2.36. The van der Waals surface area contributed by atoms with Crippen molar-refractivity contribution in [3.8, 4) is 16.8 Å². The summed E-state index contributed by atoms with van der Waals surface area (Å²) >= 11 is 1.48. The molecule has 3 heterocycles. The second kappa shape index (κ2) is 37.9. The van der Waals surface area contributed by atoms with Crippen LogP contribution in [-0.4, -0.2) is 54.1 Å². The highest BCUT2D eigenvalue weighted by atomic mass is 32.1. The molecule has 3 aliphatic carbocycles. The maximum absolute atomic E-state index is 12.1. The Morgan fingerprint density at radius 3 is 1.11 bits per heavy atom. The molecule has 1 aliphatic heterocycles. The summed E-state index contributed by atoms with van der Waals surface area (Å²) in [5, 5.41) is 10.6. The summed E-state index contributed by atoms with van der Waals surface area (Å²) in [6.07, 6.45) is 1.24. The van der Waals surface area contributed by atoms with E-state index in [1.54, 1.807) is 114 Å². The van der Waals surface area contributed by atoms with Crippen molar-refractivity contribution >= 4 is 73.4 Å². The number of rotatable bonds is 1. The number of nitrogens with zero attached hydrogens (tertiary/aromatic N) is 2. The van der Waals surface area contributed by atoms with Crippen LogP contribution in [0.2, 0.25) is 0 Å². The van der Waals surface area contributed by atoms with Gasteiger partial charge in [0.25, 0.3) is 11.1 Å². The molecule has 0 atom stereocenters. The van der Waals surface area contributed by atoms with E-state index in [9.17, 15) is 43.5 Å². The lowest BCUT2D eigenvalue weighted by molar-refractivity contribution is 0.0442. The number of hydrogen-bond donors (Lipinski definition) is 2. The van der Waals surface area contributed by atoms with Crippen LogP contribution in [0.5, 0.6) is 0 Å². The minimum Gasteiger partial charge on any atom is -0.507 e. The topological polar surface area (TPSA) is 200 Å². The fourth-order valence-electron chi connectivity index (χ4n) is 9.17. The second-order valence-corrected chi connectivity index (χ2v) is 19.0. The van der Waals surface area contributed by atoms with E-state index in [4.69, 9.17) is 0 Å². The van der Waals surface area contributed by atoms with Crippen LogP contribution in [-0.2, 0) is 4.74 Å². The average Bonchev–Trinajstić information content (AvgIpc) is 0.967. The number of aliphatic hydroxyl groups excluding tert-OH is 1. The number of hydrogen-bond acceptors (Lipinski definition) is 12. The zero-order chi connectivity index (χ0) is 67.9. The molecule has 15 rings (SSSR count). The van der Waals surface area contributed by atoms with E-state index in [1.165, 1.54) is 17.6 Å². The van der Waals surface area contributed by atoms with Gasteiger partial charge in [0.2, 0.25) is 0 Å². The number of cyclic esters (lactones) is 2. The quantitative estimate of drug-likeness (QED) is 0.117. The minimum atomic E-state index is -0.550. The number of carbonyl (C=O) groups is 6. The van der Waals surface area contributed by atoms with Gasteiger partial charge in [-0.15, -0.1) is 0 Å². The second-order valence-electron chi connectivity index (χ2n) is 18.0. The molecule has 0 radical (unpaired) electrons. The molecule has 0 fully saturated rings. The number of fused-ring (bicyclic) bond motifs is 9. The number of aliphatic hydroxyl groups is 1. The molecule has 14 heteroatoms. The smallest absolute Gasteiger partial charge is 0.346 e. The lowest BCUT2D eigenvalue weighted by Gasteiger charge is -2.16. The van der Waals surface area contributed by atoms with E-state index in [0.29, 0.717) is 55.7 Å². The van der Waals surface area contributed by atoms with E-state index in [-0.39, 0.29) is 40.0 Å². The van der Waals surface area contributed by atoms with Gasteiger partial charge in [-0.2, -0.15) is 0 Å². The van der Waals surface area contributed by atoms with Crippen LogP contribution in [0, 0.1) is 6.92 Å². The third kappa shape index (κ3) is 17.7. The Kier molecular flexibility index (Phi) is 30.3. The molecular formula is C78H79N3O10S. The van der Waals surface area contributed by atoms with Gasteiger partial charge in [0, 0.05) is 50.6 Å². The fraction of sp³-hybridized carbons (Fsp3) is 0.167. The average molecular weight is 1250 g/mol. The van der Waals surface area contributed by atoms with Crippen LogP contribution < -0.4 is 11.1 Å². The molecule has 0 amide bonds. The number of aromatic amines is 1. The van der Waals surface area contributed by atoms with Gasteiger partial charge in [-0.25, -0.2) is 18.5 Å². The molecule has 9 aromatic carbocycles. The van der Waals surface area contributed by atoms with E-state index < -0.39 is 11.9 Å². The molecule has 0 saturated carbocycles. The van der Waals surface area contributed by atoms with Crippen molar-refractivity contribution in [3.63, 3.8) is 0 Å². The molecule has 92 heavy (non-hydrogen) atoms. The predicted molar refractivity (Wildman–Crippen MR) is 375 cm³/mol. The van der Waals surface area contributed by atoms with E-state index in [1.807, 2.05) is 204 Å². The van der Waals surface area contributed by atoms with Gasteiger partial charge in [0.1, 0.15) is 11.6 Å². The third-order valence-corrected chi connectivity index (χ3v) is 14.1. The number of para-hydroxylation sites is 2. The van der Waals surface area contributed by atoms with Crippen LogP contribution in [0.25, 0.3) is 43.6 Å². The molecule has 472 valence electrons. The van der Waals surface area contributed by atoms with Crippen molar-refractivity contribution in [3.05, 3.63) is 313 Å². The van der Waals surface area contributed by atoms with Gasteiger partial charge >= 0.3 is 11.9 Å². The lowest BCUT2D eigenvalue weighted by Crippen LogP contribution is -2.20. The number of ketones is 4. The van der Waals surface area contributed by atoms with Crippen LogP contribution in [0.4, 0.5) is 0 Å². The number of aromatic nitrogens is 3. The molecule has 2 N–H and O–H groups in total. The van der Waals surface area contributed by atoms with Crippen molar-refractivity contribution in [2.75, 3.05) is 0 Å². The SMILES string of the molecule is CC.CC.CC.CC.CC.CC.Cc1nc2ccccc2c(=O)[nH]1.O=C1C=C(O)c2ccccc21.O=C1OC(=O)c2ccccc21.O=C1c2ccccc2-c2ccccc21.O=C1c2ccccc2C(=O)c2ccccc21.O=c1c2ccccc2sn1-c1ccccc1. The van der Waals surface area contributed by atoms with Gasteiger partial charge in [0.15, 0.2) is 23.1 Å². The summed E-state index contributed by atoms with van der Waals surface area (Å²) in [5.74, 6) is -0.466. The van der Waals surface area contributed by atoms with Crippen molar-refractivity contribution in [2.45, 2.75) is 90.0 Å². The summed E-state index contributed by atoms with van der Waals surface area (Å²) in [4.78, 5) is 99.0. The molecule has 0 saturated heterocycles. The van der Waals surface area contributed by atoms with E-state index in [0.717, 1.165) is 43.5 Å². The number of esters is 2. The van der Waals surface area contributed by atoms with Gasteiger partial charge in [0.05, 0.1) is 37.8 Å². The first-order chi connectivity index (χ1) is 44.9. The molecular weight excluding hydrogens is 1170 g/mol. The summed E-state index contributed by atoms with van der Waals surface area (Å²) < 4.78 is 7.11. The van der Waals surface area contributed by atoms with Crippen molar-refractivity contribution < 1.29 is 38.6 Å². The van der Waals surface area contributed by atoms with Gasteiger partial charge in [-0.1, -0.05) is 271 Å². The highest BCUT2D eigenvalue weighted by Gasteiger charge is 2.30. The van der Waals surface area contributed by atoms with Crippen LogP contribution in [0.3, 0.4) is 0 Å². The van der Waals surface area contributed by atoms with Crippen molar-refractivity contribution in [1.29, 1.82) is 0 Å². The number of ether oxygens (including phenoxy) is 1. The number of carbonyl (C=O) groups excluding carboxylic acids is 6. The maximum Gasteiger partial charge on any atom is 0.346 e. The minimum absolute atomic E-state index is 0.0619. The molecule has 4 aliphatic rings. The Hall–Kier alpha value is -10.8. The molecule has 0 spiro atoms. The monoisotopic (exact) mass is 1250 g/mol. The van der Waals surface area contributed by atoms with Gasteiger partial charge in [-0.3, -0.25) is 28.8 Å². The standard InChI is InChI=1S/C14H8O2.C13H9NOS.C13H8O.C9H8N2O.C9H6O2.C8H4O3.6C2H6/c15-13-9-5-1-2-6-10(9)14(16)12-8-4-3-7-11(12)13;15-13-11-8-4-5-9-12(11)16-14(13)10-6-2-1-3-7-10;14-13-11-7-3-1-5-9(11)10-6-2-4-8-12(10)13;1-6-10-8-5-3-2-4-7(8)9(12)11-6;10-8-5-9(11)7-4-2-1-3-6(7)8;9-7-5-3-1-2-4-6(5)8(10)11-7;6*1-2/h1-8H;1-9H;1-8H;2-5H,1H3,(H,10,11,12);1-5,10H;1-4H;6*1-2H3. The predicted octanol–water partition coefficient (Wildman–Crippen LogP) is 18.6. The normalized spacial score (nSPS) is 11.3. The van der Waals surface area contributed by atoms with Gasteiger partial charge in [-0.05, 0) is 66.6 Å². The summed E-state index contributed by atoms with van der Waals surface area (Å²) in [5.41, 5.74) is 9.41. The number of nitrogens with one attached hydrogen (secondary N) is 1. The Labute approximate surface area is 542 Å². The van der Waals surface area contributed by atoms with Crippen LogP contribution in [0.1, 0.15) is 173 Å². The van der Waals surface area contributed by atoms with Gasteiger partial charge < -0.3 is 14.8 Å². The Balaban J connectivity index is 0.000000229. The van der Waals surface area contributed by atoms with E-state index in [2.05, 4.69) is 14.7 Å². The first-order valence-electron chi connectivity index (χ1n) is 30.9. The zero-order valence-corrected chi connectivity index (χ0v) is 55.2. The summed E-state index contributed by atoms with van der Waals surface area (Å²) in [6, 6.07) is 67.6. The van der Waals surface area contributed by atoms with Crippen molar-refractivity contribution in [1.82, 2.24) is 13.9 Å².